The van der Waals surface area contributed by atoms with Gasteiger partial charge in [0.2, 0.25) is 0 Å². The number of anilines is 2. The number of aromatic nitrogens is 4. The highest BCUT2D eigenvalue weighted by atomic mass is 16.2. The minimum Gasteiger partial charge on any atom is -0.367 e. The molecule has 0 aliphatic heterocycles. The number of hydrogen-bond acceptors (Lipinski definition) is 6. The molecule has 8 nitrogen and oxygen atoms in total. The molecule has 2 aromatic heterocycles. The highest BCUT2D eigenvalue weighted by molar-refractivity contribution is 5.94. The number of rotatable bonds is 6. The zero-order valence-corrected chi connectivity index (χ0v) is 13.9. The summed E-state index contributed by atoms with van der Waals surface area (Å²) in [5, 5.41) is 7.63. The van der Waals surface area contributed by atoms with Gasteiger partial charge in [0.05, 0.1) is 11.8 Å². The van der Waals surface area contributed by atoms with Crippen molar-refractivity contribution in [2.24, 2.45) is 12.5 Å². The van der Waals surface area contributed by atoms with Gasteiger partial charge < -0.3 is 5.32 Å². The van der Waals surface area contributed by atoms with Crippen molar-refractivity contribution in [3.63, 3.8) is 0 Å². The topological polar surface area (TPSA) is 96.8 Å². The second kappa shape index (κ2) is 7.08. The molecule has 0 fully saturated rings. The third kappa shape index (κ3) is 5.24. The van der Waals surface area contributed by atoms with Crippen molar-refractivity contribution in [1.82, 2.24) is 25.2 Å². The van der Waals surface area contributed by atoms with Crippen molar-refractivity contribution in [3.05, 3.63) is 30.5 Å². The Labute approximate surface area is 135 Å². The summed E-state index contributed by atoms with van der Waals surface area (Å²) in [6.07, 6.45) is 7.09. The normalized spacial score (nSPS) is 11.1. The predicted molar refractivity (Wildman–Crippen MR) is 88.9 cm³/mol. The molecule has 8 heteroatoms. The van der Waals surface area contributed by atoms with Crippen LogP contribution >= 0.6 is 0 Å². The van der Waals surface area contributed by atoms with Crippen molar-refractivity contribution in [3.8, 4) is 0 Å². The van der Waals surface area contributed by atoms with Crippen LogP contribution in [0.2, 0.25) is 0 Å². The number of carbonyl (C=O) groups excluding carboxylic acids is 1. The van der Waals surface area contributed by atoms with E-state index >= 15 is 0 Å². The smallest absolute Gasteiger partial charge is 0.272 e. The summed E-state index contributed by atoms with van der Waals surface area (Å²) >= 11 is 0. The van der Waals surface area contributed by atoms with Crippen LogP contribution in [0.25, 0.3) is 0 Å². The Morgan fingerprint density at radius 3 is 2.61 bits per heavy atom. The highest BCUT2D eigenvalue weighted by Crippen LogP contribution is 2.21. The van der Waals surface area contributed by atoms with Crippen molar-refractivity contribution >= 4 is 17.4 Å². The maximum atomic E-state index is 12.0. The van der Waals surface area contributed by atoms with Gasteiger partial charge in [0.1, 0.15) is 12.0 Å². The summed E-state index contributed by atoms with van der Waals surface area (Å²) in [7, 11) is 1.83. The van der Waals surface area contributed by atoms with E-state index in [4.69, 9.17) is 0 Å². The van der Waals surface area contributed by atoms with E-state index in [-0.39, 0.29) is 11.3 Å². The number of carbonyl (C=O) groups is 1. The number of aryl methyl sites for hydroxylation is 1. The Kier molecular flexibility index (Phi) is 5.15. The largest absolute Gasteiger partial charge is 0.367 e. The lowest BCUT2D eigenvalue weighted by Crippen LogP contribution is -2.29. The van der Waals surface area contributed by atoms with E-state index in [0.29, 0.717) is 17.1 Å². The van der Waals surface area contributed by atoms with Gasteiger partial charge in [-0.2, -0.15) is 5.10 Å². The summed E-state index contributed by atoms with van der Waals surface area (Å²) in [6, 6.07) is 0. The van der Waals surface area contributed by atoms with E-state index < -0.39 is 0 Å². The summed E-state index contributed by atoms with van der Waals surface area (Å²) in [5.74, 6) is 0.386. The molecule has 0 saturated carbocycles. The number of hydrazine groups is 1. The molecular weight excluding hydrogens is 294 g/mol. The summed E-state index contributed by atoms with van der Waals surface area (Å²) in [5.41, 5.74) is 6.82. The molecule has 0 aromatic carbocycles. The average Bonchev–Trinajstić information content (AvgIpc) is 2.84. The predicted octanol–water partition coefficient (Wildman–Crippen LogP) is 1.82. The van der Waals surface area contributed by atoms with Gasteiger partial charge in [-0.05, 0) is 11.8 Å². The van der Waals surface area contributed by atoms with Gasteiger partial charge in [-0.3, -0.25) is 20.3 Å². The summed E-state index contributed by atoms with van der Waals surface area (Å²) in [4.78, 5) is 19.6. The van der Waals surface area contributed by atoms with Crippen molar-refractivity contribution < 1.29 is 4.79 Å². The molecule has 3 N–H and O–H groups in total. The minimum absolute atomic E-state index is 0.247. The molecule has 0 radical (unpaired) electrons. The summed E-state index contributed by atoms with van der Waals surface area (Å²) in [6.45, 7) is 7.37. The molecule has 0 atom stereocenters. The Bertz CT molecular complexity index is 646. The molecule has 23 heavy (non-hydrogen) atoms. The first-order chi connectivity index (χ1) is 10.8. The van der Waals surface area contributed by atoms with E-state index in [2.05, 4.69) is 52.0 Å². The van der Waals surface area contributed by atoms with Crippen LogP contribution in [0, 0.1) is 5.41 Å². The zero-order chi connectivity index (χ0) is 16.9. The van der Waals surface area contributed by atoms with Gasteiger partial charge in [0.15, 0.2) is 5.82 Å². The maximum Gasteiger partial charge on any atom is 0.272 e. The highest BCUT2D eigenvalue weighted by Gasteiger charge is 2.13. The minimum atomic E-state index is -0.310. The van der Waals surface area contributed by atoms with Gasteiger partial charge in [0.25, 0.3) is 5.91 Å². The van der Waals surface area contributed by atoms with Gasteiger partial charge in [-0.15, -0.1) is 0 Å². The van der Waals surface area contributed by atoms with E-state index in [0.717, 1.165) is 13.0 Å². The lowest BCUT2D eigenvalue weighted by Gasteiger charge is -2.18. The molecule has 0 aliphatic rings. The first-order valence-electron chi connectivity index (χ1n) is 7.44. The molecule has 2 heterocycles. The van der Waals surface area contributed by atoms with Crippen molar-refractivity contribution in [2.75, 3.05) is 17.3 Å². The lowest BCUT2D eigenvalue weighted by molar-refractivity contribution is 0.0962. The fourth-order valence-electron chi connectivity index (χ4n) is 1.88. The van der Waals surface area contributed by atoms with E-state index in [1.54, 1.807) is 10.9 Å². The first kappa shape index (κ1) is 16.7. The van der Waals surface area contributed by atoms with E-state index in [1.165, 1.54) is 18.7 Å². The van der Waals surface area contributed by atoms with Crippen LogP contribution in [0.15, 0.2) is 24.9 Å². The fraction of sp³-hybridized carbons (Fsp3) is 0.467. The molecule has 0 aliphatic carbocycles. The van der Waals surface area contributed by atoms with Gasteiger partial charge in [-0.25, -0.2) is 9.97 Å². The Morgan fingerprint density at radius 1 is 1.26 bits per heavy atom. The van der Waals surface area contributed by atoms with Crippen LogP contribution in [-0.2, 0) is 7.05 Å². The molecule has 0 unspecified atom stereocenters. The van der Waals surface area contributed by atoms with Crippen molar-refractivity contribution in [2.45, 2.75) is 27.2 Å². The number of nitrogens with one attached hydrogen (secondary N) is 3. The molecule has 2 aromatic rings. The van der Waals surface area contributed by atoms with Crippen molar-refractivity contribution in [1.29, 1.82) is 0 Å². The van der Waals surface area contributed by atoms with E-state index in [9.17, 15) is 4.79 Å². The van der Waals surface area contributed by atoms with Gasteiger partial charge in [0, 0.05) is 26.0 Å². The quantitative estimate of drug-likeness (QED) is 0.703. The molecule has 124 valence electrons. The van der Waals surface area contributed by atoms with Crippen LogP contribution in [0.1, 0.15) is 37.6 Å². The summed E-state index contributed by atoms with van der Waals surface area (Å²) < 4.78 is 1.68. The molecule has 1 amide bonds. The maximum absolute atomic E-state index is 12.0. The second-order valence-corrected chi connectivity index (χ2v) is 6.51. The molecule has 0 bridgehead atoms. The zero-order valence-electron chi connectivity index (χ0n) is 13.9. The Balaban J connectivity index is 1.93. The second-order valence-electron chi connectivity index (χ2n) is 6.51. The first-order valence-corrected chi connectivity index (χ1v) is 7.44. The Morgan fingerprint density at radius 2 is 1.96 bits per heavy atom. The van der Waals surface area contributed by atoms with Crippen LogP contribution in [0.5, 0.6) is 0 Å². The standard InChI is InChI=1S/C15H23N7O/c1-15(2,3)5-6-18-13-12(9-22(4)21-13)19-20-14(23)11-7-16-10-17-8-11/h7-10,19H,5-6H2,1-4H3,(H,18,21)(H,20,23). The molecular formula is C15H23N7O. The number of nitrogens with zero attached hydrogens (tertiary/aromatic N) is 4. The van der Waals surface area contributed by atoms with Gasteiger partial charge in [-0.1, -0.05) is 20.8 Å². The van der Waals surface area contributed by atoms with Crippen LogP contribution in [-0.4, -0.2) is 32.2 Å². The third-order valence-electron chi connectivity index (χ3n) is 3.13. The third-order valence-corrected chi connectivity index (χ3v) is 3.13. The monoisotopic (exact) mass is 317 g/mol. The van der Waals surface area contributed by atoms with Crippen LogP contribution < -0.4 is 16.2 Å². The van der Waals surface area contributed by atoms with Crippen LogP contribution in [0.4, 0.5) is 11.5 Å². The van der Waals surface area contributed by atoms with E-state index in [1.807, 2.05) is 7.05 Å². The number of amides is 1. The SMILES string of the molecule is Cn1cc(NNC(=O)c2cncnc2)c(NCCC(C)(C)C)n1. The molecule has 0 saturated heterocycles. The molecule has 0 spiro atoms. The fourth-order valence-corrected chi connectivity index (χ4v) is 1.88. The number of hydrogen-bond donors (Lipinski definition) is 3. The van der Waals surface area contributed by atoms with Crippen LogP contribution in [0.3, 0.4) is 0 Å². The van der Waals surface area contributed by atoms with Gasteiger partial charge >= 0.3 is 0 Å². The average molecular weight is 317 g/mol. The lowest BCUT2D eigenvalue weighted by atomic mass is 9.92. The Hall–Kier alpha value is -2.64. The molecule has 2 rings (SSSR count).